The van der Waals surface area contributed by atoms with Crippen LogP contribution in [0.25, 0.3) is 0 Å². The van der Waals surface area contributed by atoms with Crippen molar-refractivity contribution < 1.29 is 14.6 Å². The van der Waals surface area contributed by atoms with Gasteiger partial charge >= 0.3 is 0 Å². The molecule has 3 heteroatoms. The topological polar surface area (TPSA) is 45.3 Å². The summed E-state index contributed by atoms with van der Waals surface area (Å²) in [5, 5.41) is 8.92. The fraction of sp³-hybridized carbons (Fsp3) is 1.00. The third-order valence-corrected chi connectivity index (χ3v) is 3.47. The van der Waals surface area contributed by atoms with Gasteiger partial charge in [0.1, 0.15) is 6.61 Å². The van der Waals surface area contributed by atoms with E-state index in [-0.39, 0.29) is 12.4 Å². The van der Waals surface area contributed by atoms with E-state index in [1.54, 1.807) is 0 Å². The van der Waals surface area contributed by atoms with E-state index in [4.69, 9.17) is 14.6 Å². The molecule has 2 fully saturated rings. The van der Waals surface area contributed by atoms with Crippen molar-refractivity contribution in [3.8, 4) is 0 Å². The molecule has 0 unspecified atom stereocenters. The Labute approximate surface area is 91.8 Å². The molecule has 0 saturated carbocycles. The number of hydrogen-bond donors (Lipinski definition) is 1. The summed E-state index contributed by atoms with van der Waals surface area (Å²) in [5.41, 5.74) is 0. The summed E-state index contributed by atoms with van der Waals surface area (Å²) in [6.45, 7) is 2.26. The number of rotatable bonds is 9. The standard InChI is InChI=1S/C12H22O3/c1-2-3-4-5-6-7-8-9-11-12(10-13,14-11)15-11/h13H,2-10H2,1H3. The summed E-state index contributed by atoms with van der Waals surface area (Å²) in [6, 6.07) is 0. The zero-order chi connectivity index (χ0) is 10.8. The van der Waals surface area contributed by atoms with Crippen LogP contribution in [0.1, 0.15) is 58.3 Å². The fourth-order valence-corrected chi connectivity index (χ4v) is 2.28. The molecule has 2 rings (SSSR count). The number of fused-ring (bicyclic) bond motifs is 1. The van der Waals surface area contributed by atoms with Gasteiger partial charge in [0.25, 0.3) is 5.79 Å². The molecule has 0 aromatic heterocycles. The molecule has 2 heterocycles. The van der Waals surface area contributed by atoms with Gasteiger partial charge in [-0.25, -0.2) is 0 Å². The van der Waals surface area contributed by atoms with Crippen molar-refractivity contribution in [1.82, 2.24) is 0 Å². The molecule has 0 aromatic rings. The molecule has 3 nitrogen and oxygen atoms in total. The van der Waals surface area contributed by atoms with Gasteiger partial charge in [0.05, 0.1) is 0 Å². The Morgan fingerprint density at radius 2 is 1.47 bits per heavy atom. The first-order valence-corrected chi connectivity index (χ1v) is 6.30. The minimum Gasteiger partial charge on any atom is -0.391 e. The van der Waals surface area contributed by atoms with Crippen molar-refractivity contribution >= 4 is 0 Å². The molecular weight excluding hydrogens is 192 g/mol. The SMILES string of the molecule is CCCCCCCCCC12OC1(CO)O2. The van der Waals surface area contributed by atoms with E-state index in [1.807, 2.05) is 0 Å². The predicted molar refractivity (Wildman–Crippen MR) is 57.3 cm³/mol. The molecule has 0 aliphatic carbocycles. The Morgan fingerprint density at radius 1 is 0.867 bits per heavy atom. The van der Waals surface area contributed by atoms with Crippen molar-refractivity contribution in [2.75, 3.05) is 6.61 Å². The number of aliphatic hydroxyl groups excluding tert-OH is 1. The summed E-state index contributed by atoms with van der Waals surface area (Å²) in [7, 11) is 0. The number of ether oxygens (including phenoxy) is 2. The lowest BCUT2D eigenvalue weighted by Gasteiger charge is -2.01. The van der Waals surface area contributed by atoms with Gasteiger partial charge in [-0.3, -0.25) is 0 Å². The van der Waals surface area contributed by atoms with Gasteiger partial charge in [-0.1, -0.05) is 45.4 Å². The smallest absolute Gasteiger partial charge is 0.253 e. The van der Waals surface area contributed by atoms with Crippen molar-refractivity contribution in [1.29, 1.82) is 0 Å². The monoisotopic (exact) mass is 214 g/mol. The molecule has 88 valence electrons. The van der Waals surface area contributed by atoms with Gasteiger partial charge in [0.2, 0.25) is 5.79 Å². The predicted octanol–water partition coefficient (Wildman–Crippen LogP) is 2.57. The van der Waals surface area contributed by atoms with Crippen LogP contribution in [0.15, 0.2) is 0 Å². The molecule has 0 atom stereocenters. The maximum atomic E-state index is 8.92. The van der Waals surface area contributed by atoms with E-state index < -0.39 is 5.79 Å². The second-order valence-corrected chi connectivity index (χ2v) is 4.74. The molecule has 2 aliphatic rings. The fourth-order valence-electron chi connectivity index (χ4n) is 2.28. The highest BCUT2D eigenvalue weighted by Crippen LogP contribution is 2.69. The van der Waals surface area contributed by atoms with Crippen LogP contribution in [0.2, 0.25) is 0 Å². The van der Waals surface area contributed by atoms with Crippen LogP contribution >= 0.6 is 0 Å². The van der Waals surface area contributed by atoms with E-state index in [0.717, 1.165) is 12.8 Å². The lowest BCUT2D eigenvalue weighted by atomic mass is 10.1. The third-order valence-electron chi connectivity index (χ3n) is 3.47. The average molecular weight is 214 g/mol. The Bertz CT molecular complexity index is 209. The first-order chi connectivity index (χ1) is 7.29. The molecule has 0 amide bonds. The Morgan fingerprint density at radius 3 is 2.00 bits per heavy atom. The molecule has 15 heavy (non-hydrogen) atoms. The van der Waals surface area contributed by atoms with Crippen molar-refractivity contribution in [3.05, 3.63) is 0 Å². The molecule has 1 N–H and O–H groups in total. The highest BCUT2D eigenvalue weighted by Gasteiger charge is 2.90. The Balaban J connectivity index is 1.41. The van der Waals surface area contributed by atoms with Crippen LogP contribution in [-0.4, -0.2) is 23.3 Å². The Hall–Kier alpha value is -0.120. The van der Waals surface area contributed by atoms with E-state index in [0.29, 0.717) is 0 Å². The van der Waals surface area contributed by atoms with E-state index >= 15 is 0 Å². The second kappa shape index (κ2) is 4.40. The maximum Gasteiger partial charge on any atom is 0.253 e. The second-order valence-electron chi connectivity index (χ2n) is 4.74. The van der Waals surface area contributed by atoms with Crippen molar-refractivity contribution in [3.63, 3.8) is 0 Å². The first kappa shape index (κ1) is 11.4. The minimum absolute atomic E-state index is 0.0174. The molecular formula is C12H22O3. The van der Waals surface area contributed by atoms with Gasteiger partial charge in [0, 0.05) is 6.42 Å². The van der Waals surface area contributed by atoms with Crippen LogP contribution in [0.3, 0.4) is 0 Å². The van der Waals surface area contributed by atoms with Crippen LogP contribution in [0, 0.1) is 0 Å². The highest BCUT2D eigenvalue weighted by atomic mass is 17.1. The van der Waals surface area contributed by atoms with Gasteiger partial charge in [-0.2, -0.15) is 0 Å². The van der Waals surface area contributed by atoms with E-state index in [1.165, 1.54) is 38.5 Å². The van der Waals surface area contributed by atoms with Gasteiger partial charge in [-0.15, -0.1) is 0 Å². The number of hydrogen-bond acceptors (Lipinski definition) is 3. The number of unbranched alkanes of at least 4 members (excludes halogenated alkanes) is 6. The molecule has 2 saturated heterocycles. The number of epoxide rings is 2. The summed E-state index contributed by atoms with van der Waals surface area (Å²) in [5.74, 6) is -0.889. The van der Waals surface area contributed by atoms with Crippen LogP contribution in [0.4, 0.5) is 0 Å². The van der Waals surface area contributed by atoms with Crippen molar-refractivity contribution in [2.45, 2.75) is 69.9 Å². The normalized spacial score (nSPS) is 36.4. The van der Waals surface area contributed by atoms with Crippen LogP contribution in [0.5, 0.6) is 0 Å². The summed E-state index contributed by atoms with van der Waals surface area (Å²) < 4.78 is 10.6. The first-order valence-electron chi connectivity index (χ1n) is 6.30. The summed E-state index contributed by atoms with van der Waals surface area (Å²) in [6.07, 6.45) is 10.1. The zero-order valence-electron chi connectivity index (χ0n) is 9.63. The summed E-state index contributed by atoms with van der Waals surface area (Å²) in [4.78, 5) is 0. The van der Waals surface area contributed by atoms with E-state index in [2.05, 4.69) is 6.92 Å². The zero-order valence-corrected chi connectivity index (χ0v) is 9.63. The minimum atomic E-state index is -0.546. The molecule has 0 spiro atoms. The molecule has 2 aliphatic heterocycles. The lowest BCUT2D eigenvalue weighted by Crippen LogP contribution is -2.03. The van der Waals surface area contributed by atoms with Gasteiger partial charge in [-0.05, 0) is 6.42 Å². The molecule has 0 radical (unpaired) electrons. The third kappa shape index (κ3) is 2.19. The Kier molecular flexibility index (Phi) is 3.33. The van der Waals surface area contributed by atoms with Crippen LogP contribution in [-0.2, 0) is 9.47 Å². The average Bonchev–Trinajstić information content (AvgIpc) is 3.02. The number of aliphatic hydroxyl groups is 1. The van der Waals surface area contributed by atoms with Gasteiger partial charge < -0.3 is 14.6 Å². The lowest BCUT2D eigenvalue weighted by molar-refractivity contribution is -0.114. The summed E-state index contributed by atoms with van der Waals surface area (Å²) >= 11 is 0. The van der Waals surface area contributed by atoms with Crippen molar-refractivity contribution in [2.24, 2.45) is 0 Å². The van der Waals surface area contributed by atoms with E-state index in [9.17, 15) is 0 Å². The van der Waals surface area contributed by atoms with Gasteiger partial charge in [0.15, 0.2) is 0 Å². The quantitative estimate of drug-likeness (QED) is 0.474. The molecule has 0 aromatic carbocycles. The maximum absolute atomic E-state index is 8.92. The highest BCUT2D eigenvalue weighted by molar-refractivity contribution is 5.17. The van der Waals surface area contributed by atoms with Crippen LogP contribution < -0.4 is 0 Å². The largest absolute Gasteiger partial charge is 0.391 e. The molecule has 0 bridgehead atoms.